The molecule has 0 saturated carbocycles. The van der Waals surface area contributed by atoms with Crippen LogP contribution in [0.5, 0.6) is 11.5 Å². The molecule has 0 amide bonds. The average Bonchev–Trinajstić information content (AvgIpc) is 3.28. The summed E-state index contributed by atoms with van der Waals surface area (Å²) in [5.74, 6) is -2.35. The fourth-order valence-corrected chi connectivity index (χ4v) is 7.16. The molecular formula is C31H35NO9. The number of phenols is 1. The van der Waals surface area contributed by atoms with Crippen molar-refractivity contribution in [2.24, 2.45) is 0 Å². The number of phenolic OH excluding ortho intramolecular Hbond substituents is 1. The third kappa shape index (κ3) is 4.36. The van der Waals surface area contributed by atoms with E-state index in [-0.39, 0.29) is 44.2 Å². The maximum absolute atomic E-state index is 12.9. The molecule has 3 N–H and O–H groups in total. The summed E-state index contributed by atoms with van der Waals surface area (Å²) >= 11 is 0. The average molecular weight is 566 g/mol. The molecule has 2 aromatic rings. The van der Waals surface area contributed by atoms with Gasteiger partial charge in [-0.25, -0.2) is 4.79 Å². The van der Waals surface area contributed by atoms with Crippen LogP contribution in [0.15, 0.2) is 54.3 Å². The van der Waals surface area contributed by atoms with Crippen LogP contribution in [0, 0.1) is 0 Å². The summed E-state index contributed by atoms with van der Waals surface area (Å²) in [6, 6.07) is 11.4. The van der Waals surface area contributed by atoms with E-state index in [1.165, 1.54) is 0 Å². The normalized spacial score (nSPS) is 28.1. The zero-order valence-electron chi connectivity index (χ0n) is 22.0. The number of rotatable bonds is 7. The highest BCUT2D eigenvalue weighted by molar-refractivity contribution is 5.82. The molecule has 2 aliphatic heterocycles. The molecule has 10 nitrogen and oxygen atoms in total. The van der Waals surface area contributed by atoms with Crippen molar-refractivity contribution < 1.29 is 43.9 Å². The van der Waals surface area contributed by atoms with E-state index in [0.29, 0.717) is 24.2 Å². The highest BCUT2D eigenvalue weighted by Gasteiger charge is 2.71. The number of hydrogen-bond acceptors (Lipinski definition) is 9. The first-order valence-corrected chi connectivity index (χ1v) is 13.5. The highest BCUT2D eigenvalue weighted by Crippen LogP contribution is 2.64. The number of aliphatic carboxylic acids is 1. The SMILES string of the molecule is C.CN1CCC[C@]23c4c5ccc(O)c4O[C@H]2C(OC(=O)CCC(=O)O[C@H](C(=O)O)c2ccccc2)=CC[C@@]3(O)[C@H]1C5. The predicted molar refractivity (Wildman–Crippen MR) is 146 cm³/mol. The highest BCUT2D eigenvalue weighted by atomic mass is 16.6. The van der Waals surface area contributed by atoms with Crippen LogP contribution in [-0.2, 0) is 35.7 Å². The van der Waals surface area contributed by atoms with Gasteiger partial charge in [-0.3, -0.25) is 9.59 Å². The van der Waals surface area contributed by atoms with Gasteiger partial charge < -0.3 is 34.4 Å². The Bertz CT molecular complexity index is 1410. The Labute approximate surface area is 238 Å². The Morgan fingerprint density at radius 1 is 1.12 bits per heavy atom. The maximum Gasteiger partial charge on any atom is 0.349 e. The molecule has 4 aliphatic rings. The second kappa shape index (κ2) is 10.5. The van der Waals surface area contributed by atoms with Crippen LogP contribution in [0.2, 0.25) is 0 Å². The summed E-state index contributed by atoms with van der Waals surface area (Å²) in [5.41, 5.74) is -0.00120. The van der Waals surface area contributed by atoms with E-state index in [1.54, 1.807) is 42.5 Å². The van der Waals surface area contributed by atoms with Gasteiger partial charge in [-0.1, -0.05) is 43.8 Å². The number of carboxylic acid groups (broad SMARTS) is 1. The molecule has 1 spiro atoms. The molecule has 0 unspecified atom stereocenters. The minimum absolute atomic E-state index is 0. The van der Waals surface area contributed by atoms with Gasteiger partial charge in [-0.15, -0.1) is 0 Å². The van der Waals surface area contributed by atoms with Crippen LogP contribution in [0.4, 0.5) is 0 Å². The fourth-order valence-electron chi connectivity index (χ4n) is 7.16. The lowest BCUT2D eigenvalue weighted by Gasteiger charge is -2.56. The van der Waals surface area contributed by atoms with Crippen LogP contribution in [0.3, 0.4) is 0 Å². The zero-order chi connectivity index (χ0) is 28.2. The number of ether oxygens (including phenoxy) is 3. The smallest absolute Gasteiger partial charge is 0.349 e. The van der Waals surface area contributed by atoms with Gasteiger partial charge in [0.05, 0.1) is 23.9 Å². The lowest BCUT2D eigenvalue weighted by atomic mass is 9.52. The maximum atomic E-state index is 12.9. The van der Waals surface area contributed by atoms with Gasteiger partial charge in [0.2, 0.25) is 6.10 Å². The number of carboxylic acids is 1. The van der Waals surface area contributed by atoms with E-state index in [2.05, 4.69) is 4.90 Å². The van der Waals surface area contributed by atoms with E-state index in [0.717, 1.165) is 24.1 Å². The van der Waals surface area contributed by atoms with Gasteiger partial charge in [-0.05, 0) is 50.6 Å². The van der Waals surface area contributed by atoms with Crippen LogP contribution in [0.1, 0.15) is 62.3 Å². The Hall–Kier alpha value is -3.89. The first kappa shape index (κ1) is 28.6. The molecule has 41 heavy (non-hydrogen) atoms. The van der Waals surface area contributed by atoms with Gasteiger partial charge >= 0.3 is 17.9 Å². The molecule has 10 heteroatoms. The van der Waals surface area contributed by atoms with Gasteiger partial charge in [-0.2, -0.15) is 0 Å². The van der Waals surface area contributed by atoms with E-state index in [9.17, 15) is 29.7 Å². The third-order valence-electron chi connectivity index (χ3n) is 8.92. The van der Waals surface area contributed by atoms with E-state index >= 15 is 0 Å². The number of aliphatic hydroxyl groups is 1. The summed E-state index contributed by atoms with van der Waals surface area (Å²) in [6.45, 7) is 0.786. The summed E-state index contributed by atoms with van der Waals surface area (Å²) < 4.78 is 17.2. The number of benzene rings is 2. The number of likely N-dealkylation sites (tertiary alicyclic amines) is 1. The second-order valence-electron chi connectivity index (χ2n) is 11.0. The third-order valence-corrected chi connectivity index (χ3v) is 8.92. The van der Waals surface area contributed by atoms with Crippen molar-refractivity contribution in [1.82, 2.24) is 4.90 Å². The summed E-state index contributed by atoms with van der Waals surface area (Å²) in [7, 11) is 2.00. The van der Waals surface area contributed by atoms with Crippen molar-refractivity contribution in [1.29, 1.82) is 0 Å². The number of esters is 2. The van der Waals surface area contributed by atoms with Crippen LogP contribution in [0.25, 0.3) is 0 Å². The molecule has 2 aliphatic carbocycles. The molecule has 2 aromatic carbocycles. The molecular weight excluding hydrogens is 530 g/mol. The lowest BCUT2D eigenvalue weighted by Crippen LogP contribution is -2.69. The van der Waals surface area contributed by atoms with Crippen LogP contribution >= 0.6 is 0 Å². The fraction of sp³-hybridized carbons (Fsp3) is 0.452. The second-order valence-corrected chi connectivity index (χ2v) is 11.0. The quantitative estimate of drug-likeness (QED) is 0.428. The number of carbonyl (C=O) groups excluding carboxylic acids is 2. The number of carbonyl (C=O) groups is 3. The molecule has 0 radical (unpaired) electrons. The molecule has 5 atom stereocenters. The van der Waals surface area contributed by atoms with Crippen molar-refractivity contribution in [3.8, 4) is 11.5 Å². The first-order chi connectivity index (χ1) is 19.2. The van der Waals surface area contributed by atoms with Gasteiger partial charge in [0, 0.05) is 23.6 Å². The number of likely N-dealkylation sites (N-methyl/N-ethyl adjacent to an activating group) is 1. The lowest BCUT2D eigenvalue weighted by molar-refractivity contribution is -0.165. The number of hydrogen-bond donors (Lipinski definition) is 3. The van der Waals surface area contributed by atoms with E-state index in [1.807, 2.05) is 13.1 Å². The van der Waals surface area contributed by atoms with Gasteiger partial charge in [0.25, 0.3) is 0 Å². The molecule has 1 fully saturated rings. The molecule has 1 saturated heterocycles. The molecule has 2 heterocycles. The monoisotopic (exact) mass is 565 g/mol. The first-order valence-electron chi connectivity index (χ1n) is 13.5. The Morgan fingerprint density at radius 3 is 2.59 bits per heavy atom. The predicted octanol–water partition coefficient (Wildman–Crippen LogP) is 3.39. The van der Waals surface area contributed by atoms with Gasteiger partial charge in [0.1, 0.15) is 5.76 Å². The van der Waals surface area contributed by atoms with E-state index < -0.39 is 41.1 Å². The summed E-state index contributed by atoms with van der Waals surface area (Å²) in [6.07, 6.45) is 0.859. The van der Waals surface area contributed by atoms with Crippen molar-refractivity contribution in [3.63, 3.8) is 0 Å². The number of nitrogens with zero attached hydrogens (tertiary/aromatic N) is 1. The Balaban J connectivity index is 0.00000337. The standard InChI is InChI=1S/C30H31NO9.CH4/c1-31-15-5-13-29-24-18-8-9-19(32)26(24)40-27(29)20(12-14-30(29,37)21(31)16-18)38-22(33)10-11-23(34)39-25(28(35)36)17-6-3-2-4-7-17;/h2-4,6-9,12,21,25,27,32,37H,5,10-11,13-16H2,1H3,(H,35,36);1H4/t21-,25+,27+,29+,30-;/m1./s1. The molecule has 0 aromatic heterocycles. The Kier molecular flexibility index (Phi) is 7.33. The van der Waals surface area contributed by atoms with E-state index in [4.69, 9.17) is 14.2 Å². The molecule has 2 bridgehead atoms. The van der Waals surface area contributed by atoms with Gasteiger partial charge in [0.15, 0.2) is 17.6 Å². The van der Waals surface area contributed by atoms with Crippen molar-refractivity contribution >= 4 is 17.9 Å². The van der Waals surface area contributed by atoms with Crippen molar-refractivity contribution in [2.75, 3.05) is 13.6 Å². The summed E-state index contributed by atoms with van der Waals surface area (Å²) in [4.78, 5) is 39.2. The minimum Gasteiger partial charge on any atom is -0.504 e. The molecule has 218 valence electrons. The van der Waals surface area contributed by atoms with Crippen LogP contribution in [-0.4, -0.2) is 69.5 Å². The zero-order valence-corrected chi connectivity index (χ0v) is 22.0. The largest absolute Gasteiger partial charge is 0.504 e. The molecule has 6 rings (SSSR count). The summed E-state index contributed by atoms with van der Waals surface area (Å²) in [5, 5.41) is 32.5. The van der Waals surface area contributed by atoms with Crippen LogP contribution < -0.4 is 4.74 Å². The van der Waals surface area contributed by atoms with Crippen molar-refractivity contribution in [2.45, 2.75) is 75.2 Å². The minimum atomic E-state index is -1.48. The number of aromatic hydroxyl groups is 1. The topological polar surface area (TPSA) is 143 Å². The van der Waals surface area contributed by atoms with Crippen molar-refractivity contribution in [3.05, 3.63) is 71.0 Å². The Morgan fingerprint density at radius 2 is 1.85 bits per heavy atom.